The predicted octanol–water partition coefficient (Wildman–Crippen LogP) is 17.0. The Bertz CT molecular complexity index is 1820. The molecule has 0 aliphatic carbocycles. The van der Waals surface area contributed by atoms with Crippen LogP contribution in [0.4, 0.5) is 0 Å². The first-order chi connectivity index (χ1) is 39.6. The van der Waals surface area contributed by atoms with Crippen LogP contribution in [0.5, 0.6) is 0 Å². The molecule has 6 unspecified atom stereocenters. The maximum absolute atomic E-state index is 13.2. The van der Waals surface area contributed by atoms with Crippen molar-refractivity contribution in [2.75, 3.05) is 13.2 Å². The van der Waals surface area contributed by atoms with Gasteiger partial charge in [0.05, 0.1) is 6.61 Å². The van der Waals surface area contributed by atoms with E-state index in [2.05, 4.69) is 130 Å². The molecule has 0 aromatic rings. The second kappa shape index (κ2) is 55.9. The topological polar surface area (TPSA) is 175 Å². The van der Waals surface area contributed by atoms with Crippen LogP contribution in [0.1, 0.15) is 252 Å². The minimum atomic E-state index is -1.92. The summed E-state index contributed by atoms with van der Waals surface area (Å²) in [6, 6.07) is 0. The summed E-state index contributed by atoms with van der Waals surface area (Å²) < 4.78 is 28.5. The molecule has 460 valence electrons. The first-order valence-electron chi connectivity index (χ1n) is 31.9. The molecule has 1 aliphatic rings. The molecule has 0 bridgehead atoms. The summed E-state index contributed by atoms with van der Waals surface area (Å²) in [4.78, 5) is 51.3. The van der Waals surface area contributed by atoms with E-state index in [1.54, 1.807) is 0 Å². The second-order valence-electron chi connectivity index (χ2n) is 21.3. The standard InChI is InChI=1S/C69H112O12/c1-4-7-10-13-16-19-22-25-28-30-31-33-36-39-42-45-48-51-54-57-63(72)80-67-65(74)64(73)66(68(75)76)81-69(67)78-59-60(79-62(71)56-53-50-47-44-41-38-34-27-24-21-18-15-12-9-6-3)58-77-61(70)55-52-49-46-43-40-37-35-32-29-26-23-20-17-14-11-8-5-2/h8-9,11-12,16-21,25-29,34,41,44,60,64-67,69,73-74H,4-7,10,13-15,22-24,30-33,35-40,42-43,45-59H2,1-3H3,(H,75,76)/b11-8-,12-9-,19-16-,20-17-,21-18-,28-25-,29-26-,34-27-,44-41-. The number of allylic oxidation sites excluding steroid dienone is 18. The monoisotopic (exact) mass is 1130 g/mol. The Hall–Kier alpha value is -4.62. The first kappa shape index (κ1) is 74.4. The zero-order chi connectivity index (χ0) is 58.9. The Kier molecular flexibility index (Phi) is 51.3. The molecular weight excluding hydrogens is 1020 g/mol. The number of carboxylic acids is 1. The summed E-state index contributed by atoms with van der Waals surface area (Å²) in [5.74, 6) is -3.20. The lowest BCUT2D eigenvalue weighted by Gasteiger charge is -2.40. The third-order valence-electron chi connectivity index (χ3n) is 13.8. The number of carbonyl (C=O) groups is 4. The number of hydrogen-bond donors (Lipinski definition) is 3. The molecule has 0 spiro atoms. The molecule has 0 aromatic carbocycles. The van der Waals surface area contributed by atoms with Crippen LogP contribution in [-0.4, -0.2) is 89.2 Å². The van der Waals surface area contributed by atoms with Crippen molar-refractivity contribution in [3.05, 3.63) is 109 Å². The van der Waals surface area contributed by atoms with Crippen LogP contribution in [0.15, 0.2) is 109 Å². The van der Waals surface area contributed by atoms with Crippen LogP contribution in [0.2, 0.25) is 0 Å². The fraction of sp³-hybridized carbons (Fsp3) is 0.681. The minimum absolute atomic E-state index is 0.0449. The third kappa shape index (κ3) is 45.6. The normalized spacial score (nSPS) is 18.5. The molecule has 81 heavy (non-hydrogen) atoms. The van der Waals surface area contributed by atoms with E-state index in [4.69, 9.17) is 23.7 Å². The highest BCUT2D eigenvalue weighted by Gasteiger charge is 2.50. The quantitative estimate of drug-likeness (QED) is 0.0228. The largest absolute Gasteiger partial charge is 0.479 e. The highest BCUT2D eigenvalue weighted by Crippen LogP contribution is 2.26. The number of aliphatic carboxylic acids is 1. The molecule has 1 heterocycles. The van der Waals surface area contributed by atoms with Gasteiger partial charge < -0.3 is 39.0 Å². The van der Waals surface area contributed by atoms with Crippen LogP contribution in [0.25, 0.3) is 0 Å². The van der Waals surface area contributed by atoms with E-state index in [9.17, 15) is 34.5 Å². The van der Waals surface area contributed by atoms with Gasteiger partial charge in [0.15, 0.2) is 24.6 Å². The molecule has 6 atom stereocenters. The Morgan fingerprint density at radius 1 is 0.420 bits per heavy atom. The molecule has 12 heteroatoms. The molecule has 0 amide bonds. The fourth-order valence-corrected chi connectivity index (χ4v) is 8.99. The van der Waals surface area contributed by atoms with Gasteiger partial charge in [-0.3, -0.25) is 14.4 Å². The van der Waals surface area contributed by atoms with Crippen molar-refractivity contribution in [3.8, 4) is 0 Å². The molecule has 1 fully saturated rings. The summed E-state index contributed by atoms with van der Waals surface area (Å²) in [6.07, 6.45) is 63.3. The van der Waals surface area contributed by atoms with Crippen molar-refractivity contribution in [3.63, 3.8) is 0 Å². The highest BCUT2D eigenvalue weighted by molar-refractivity contribution is 5.74. The number of hydrogen-bond acceptors (Lipinski definition) is 11. The van der Waals surface area contributed by atoms with Crippen molar-refractivity contribution < 1.29 is 58.2 Å². The van der Waals surface area contributed by atoms with Crippen LogP contribution < -0.4 is 0 Å². The van der Waals surface area contributed by atoms with Gasteiger partial charge in [0.25, 0.3) is 0 Å². The van der Waals surface area contributed by atoms with E-state index in [1.807, 2.05) is 0 Å². The molecule has 1 saturated heterocycles. The van der Waals surface area contributed by atoms with E-state index in [0.717, 1.165) is 135 Å². The average Bonchev–Trinajstić information content (AvgIpc) is 3.52. The van der Waals surface area contributed by atoms with Gasteiger partial charge >= 0.3 is 23.9 Å². The molecule has 1 aliphatic heterocycles. The van der Waals surface area contributed by atoms with Gasteiger partial charge in [0.1, 0.15) is 18.8 Å². The number of carbonyl (C=O) groups excluding carboxylic acids is 3. The zero-order valence-electron chi connectivity index (χ0n) is 50.7. The molecule has 12 nitrogen and oxygen atoms in total. The van der Waals surface area contributed by atoms with Crippen molar-refractivity contribution in [2.24, 2.45) is 0 Å². The molecule has 1 rings (SSSR count). The molecule has 3 N–H and O–H groups in total. The van der Waals surface area contributed by atoms with Gasteiger partial charge in [-0.25, -0.2) is 4.79 Å². The summed E-state index contributed by atoms with van der Waals surface area (Å²) in [5, 5.41) is 31.6. The number of carboxylic acid groups (broad SMARTS) is 1. The number of unbranched alkanes of at least 4 members (excludes halogenated alkanes) is 21. The summed E-state index contributed by atoms with van der Waals surface area (Å²) in [6.45, 7) is 5.71. The fourth-order valence-electron chi connectivity index (χ4n) is 8.99. The maximum atomic E-state index is 13.2. The molecule has 0 aromatic heterocycles. The van der Waals surface area contributed by atoms with E-state index < -0.39 is 67.3 Å². The minimum Gasteiger partial charge on any atom is -0.479 e. The smallest absolute Gasteiger partial charge is 0.335 e. The Morgan fingerprint density at radius 2 is 0.778 bits per heavy atom. The lowest BCUT2D eigenvalue weighted by atomic mass is 9.98. The van der Waals surface area contributed by atoms with Gasteiger partial charge in [-0.05, 0) is 122 Å². The van der Waals surface area contributed by atoms with E-state index in [0.29, 0.717) is 19.3 Å². The van der Waals surface area contributed by atoms with E-state index in [1.165, 1.54) is 57.8 Å². The van der Waals surface area contributed by atoms with Gasteiger partial charge in [-0.2, -0.15) is 0 Å². The third-order valence-corrected chi connectivity index (χ3v) is 13.8. The maximum Gasteiger partial charge on any atom is 0.335 e. The van der Waals surface area contributed by atoms with Gasteiger partial charge in [0, 0.05) is 19.3 Å². The summed E-state index contributed by atoms with van der Waals surface area (Å²) >= 11 is 0. The van der Waals surface area contributed by atoms with Crippen LogP contribution in [-0.2, 0) is 42.9 Å². The highest BCUT2D eigenvalue weighted by atomic mass is 16.7. The Morgan fingerprint density at radius 3 is 1.21 bits per heavy atom. The number of ether oxygens (including phenoxy) is 5. The number of aliphatic hydroxyl groups is 2. The number of aliphatic hydroxyl groups excluding tert-OH is 2. The van der Waals surface area contributed by atoms with Crippen LogP contribution >= 0.6 is 0 Å². The SMILES string of the molecule is CC/C=C\C/C=C\C/C=C\C/C=C\CCCCC(=O)OC(COC(=O)CCCCCCCCC/C=C\C/C=C\C/C=C\CC)COC1OC(C(=O)O)C(O)C(O)C1OC(=O)CCCCCCCCCCC/C=C\C/C=C\CCCCC. The van der Waals surface area contributed by atoms with Crippen LogP contribution in [0.3, 0.4) is 0 Å². The van der Waals surface area contributed by atoms with Crippen LogP contribution in [0, 0.1) is 0 Å². The Labute approximate surface area is 491 Å². The predicted molar refractivity (Wildman–Crippen MR) is 330 cm³/mol. The Balaban J connectivity index is 2.69. The molecule has 0 radical (unpaired) electrons. The molecule has 0 saturated carbocycles. The summed E-state index contributed by atoms with van der Waals surface area (Å²) in [5.41, 5.74) is 0. The number of rotatable bonds is 53. The van der Waals surface area contributed by atoms with Crippen molar-refractivity contribution in [2.45, 2.75) is 289 Å². The van der Waals surface area contributed by atoms with Gasteiger partial charge in [-0.15, -0.1) is 0 Å². The van der Waals surface area contributed by atoms with Crippen molar-refractivity contribution in [1.82, 2.24) is 0 Å². The van der Waals surface area contributed by atoms with E-state index >= 15 is 0 Å². The number of esters is 3. The first-order valence-corrected chi connectivity index (χ1v) is 31.9. The zero-order valence-corrected chi connectivity index (χ0v) is 50.7. The lowest BCUT2D eigenvalue weighted by Crippen LogP contribution is -2.61. The molecular formula is C69H112O12. The average molecular weight is 1130 g/mol. The van der Waals surface area contributed by atoms with Crippen molar-refractivity contribution in [1.29, 1.82) is 0 Å². The second-order valence-corrected chi connectivity index (χ2v) is 21.3. The van der Waals surface area contributed by atoms with Gasteiger partial charge in [0.2, 0.25) is 0 Å². The van der Waals surface area contributed by atoms with E-state index in [-0.39, 0.29) is 25.9 Å². The summed E-state index contributed by atoms with van der Waals surface area (Å²) in [7, 11) is 0. The lowest BCUT2D eigenvalue weighted by molar-refractivity contribution is -0.301. The van der Waals surface area contributed by atoms with Gasteiger partial charge in [-0.1, -0.05) is 220 Å². The van der Waals surface area contributed by atoms with Crippen molar-refractivity contribution >= 4 is 23.9 Å².